The lowest BCUT2D eigenvalue weighted by Gasteiger charge is -2.65. The molecule has 1 heterocycles. The molecular weight excluding hydrogens is 363 g/mol. The molecule has 0 aromatic carbocycles. The van der Waals surface area contributed by atoms with E-state index in [4.69, 9.17) is 4.74 Å². The molecule has 144 valence electrons. The minimum absolute atomic E-state index is 0. The molecule has 0 amide bonds. The Morgan fingerprint density at radius 1 is 0.833 bits per heavy atom. The fraction of sp³-hybridized carbons (Fsp3) is 0.900. The highest BCUT2D eigenvalue weighted by atomic mass is 35.5. The molecule has 1 saturated heterocycles. The Morgan fingerprint density at radius 2 is 1.42 bits per heavy atom. The summed E-state index contributed by atoms with van der Waals surface area (Å²) in [6.07, 6.45) is 11.2. The molecule has 5 atom stereocenters. The average Bonchev–Trinajstić information content (AvgIpc) is 2.36. The second-order valence-electron chi connectivity index (χ2n) is 9.46. The topological polar surface area (TPSA) is 9.23 Å². The van der Waals surface area contributed by atoms with Crippen LogP contribution in [-0.2, 0) is 4.74 Å². The largest absolute Gasteiger partial charge is 0.365 e. The molecule has 1 nitrogen and oxygen atoms in total. The molecule has 0 N–H and O–H groups in total. The maximum Gasteiger partial charge on any atom is 0.0839 e. The summed E-state index contributed by atoms with van der Waals surface area (Å²) < 4.78 is 6.68. The molecule has 0 spiro atoms. The molecule has 0 bridgehead atoms. The summed E-state index contributed by atoms with van der Waals surface area (Å²) in [5, 5.41) is 0. The predicted molar refractivity (Wildman–Crippen MR) is 111 cm³/mol. The second kappa shape index (κ2) is 7.67. The molecule has 3 aliphatic rings. The Hall–Kier alpha value is 0.570. The quantitative estimate of drug-likeness (QED) is 0.431. The minimum atomic E-state index is -0.112. The van der Waals surface area contributed by atoms with Crippen molar-refractivity contribution in [3.05, 3.63) is 12.7 Å². The lowest BCUT2D eigenvalue weighted by molar-refractivity contribution is -0.252. The Kier molecular flexibility index (Phi) is 7.85. The second-order valence-corrected chi connectivity index (χ2v) is 9.46. The summed E-state index contributed by atoms with van der Waals surface area (Å²) in [6, 6.07) is 0. The molecule has 0 aromatic heterocycles. The normalized spacial score (nSPS) is 46.0. The molecule has 2 saturated carbocycles. The van der Waals surface area contributed by atoms with E-state index in [0.717, 1.165) is 18.3 Å². The van der Waals surface area contributed by atoms with Crippen molar-refractivity contribution in [1.82, 2.24) is 0 Å². The summed E-state index contributed by atoms with van der Waals surface area (Å²) in [6.45, 7) is 16.2. The van der Waals surface area contributed by atoms with E-state index in [-0.39, 0.29) is 48.4 Å². The molecular formula is C20H37Cl3O. The fourth-order valence-electron chi connectivity index (χ4n) is 6.52. The van der Waals surface area contributed by atoms with Crippen LogP contribution in [0.4, 0.5) is 0 Å². The molecule has 0 aromatic rings. The average molecular weight is 400 g/mol. The fourth-order valence-corrected chi connectivity index (χ4v) is 6.52. The highest BCUT2D eigenvalue weighted by Crippen LogP contribution is 2.65. The van der Waals surface area contributed by atoms with Gasteiger partial charge < -0.3 is 4.74 Å². The molecule has 3 fully saturated rings. The highest BCUT2D eigenvalue weighted by molar-refractivity contribution is 5.86. The molecule has 4 heteroatoms. The van der Waals surface area contributed by atoms with Gasteiger partial charge in [0.1, 0.15) is 0 Å². The highest BCUT2D eigenvalue weighted by Gasteiger charge is 2.61. The van der Waals surface area contributed by atoms with Gasteiger partial charge in [0.15, 0.2) is 0 Å². The van der Waals surface area contributed by atoms with Crippen LogP contribution < -0.4 is 0 Å². The molecule has 1 aliphatic heterocycles. The summed E-state index contributed by atoms with van der Waals surface area (Å²) >= 11 is 0. The first-order valence-corrected chi connectivity index (χ1v) is 8.99. The number of ether oxygens (including phenoxy) is 1. The zero-order valence-corrected chi connectivity index (χ0v) is 18.5. The van der Waals surface area contributed by atoms with Gasteiger partial charge in [-0.3, -0.25) is 0 Å². The summed E-state index contributed by atoms with van der Waals surface area (Å²) in [7, 11) is 0. The smallest absolute Gasteiger partial charge is 0.0839 e. The van der Waals surface area contributed by atoms with Crippen molar-refractivity contribution >= 4 is 37.2 Å². The van der Waals surface area contributed by atoms with Crippen LogP contribution in [0.2, 0.25) is 0 Å². The molecule has 0 radical (unpaired) electrons. The molecule has 24 heavy (non-hydrogen) atoms. The van der Waals surface area contributed by atoms with E-state index in [1.54, 1.807) is 0 Å². The number of hydrogen-bond acceptors (Lipinski definition) is 1. The number of hydrogen-bond donors (Lipinski definition) is 0. The number of fused-ring (bicyclic) bond motifs is 3. The van der Waals surface area contributed by atoms with Gasteiger partial charge in [-0.15, -0.1) is 43.8 Å². The molecule has 2 aliphatic carbocycles. The standard InChI is InChI=1S/C20H34O.3ClH/c1-7-18(4)13-9-16-19(5)12-8-11-17(2,3)15(19)10-14-20(16,6)21-18;;;/h7,15-16H,1,8-14H2,2-6H3;3*1H/t15-,16+,18-,19-,20+;;;/m0.../s1. The van der Waals surface area contributed by atoms with E-state index in [1.165, 1.54) is 38.5 Å². The van der Waals surface area contributed by atoms with Crippen molar-refractivity contribution in [2.75, 3.05) is 0 Å². The first-order chi connectivity index (χ1) is 9.65. The summed E-state index contributed by atoms with van der Waals surface area (Å²) in [5.74, 6) is 1.59. The first-order valence-electron chi connectivity index (χ1n) is 8.99. The lowest BCUT2D eigenvalue weighted by Crippen LogP contribution is -2.62. The van der Waals surface area contributed by atoms with Crippen LogP contribution in [0.1, 0.15) is 79.6 Å². The van der Waals surface area contributed by atoms with E-state index >= 15 is 0 Å². The van der Waals surface area contributed by atoms with Gasteiger partial charge in [0.05, 0.1) is 11.2 Å². The van der Waals surface area contributed by atoms with E-state index in [2.05, 4.69) is 41.2 Å². The van der Waals surface area contributed by atoms with Crippen molar-refractivity contribution < 1.29 is 4.74 Å². The lowest BCUT2D eigenvalue weighted by atomic mass is 9.44. The Labute approximate surface area is 168 Å². The van der Waals surface area contributed by atoms with Crippen LogP contribution in [0, 0.1) is 22.7 Å². The zero-order valence-electron chi connectivity index (χ0n) is 16.0. The van der Waals surface area contributed by atoms with Crippen LogP contribution in [-0.4, -0.2) is 11.2 Å². The van der Waals surface area contributed by atoms with Crippen molar-refractivity contribution in [2.45, 2.75) is 90.8 Å². The third-order valence-corrected chi connectivity index (χ3v) is 7.57. The number of halogens is 3. The van der Waals surface area contributed by atoms with E-state index < -0.39 is 0 Å². The maximum absolute atomic E-state index is 6.68. The van der Waals surface area contributed by atoms with Gasteiger partial charge >= 0.3 is 0 Å². The monoisotopic (exact) mass is 398 g/mol. The van der Waals surface area contributed by atoms with Gasteiger partial charge in [-0.25, -0.2) is 0 Å². The zero-order chi connectivity index (χ0) is 15.5. The van der Waals surface area contributed by atoms with Gasteiger partial charge in [-0.05, 0) is 75.0 Å². The number of rotatable bonds is 1. The van der Waals surface area contributed by atoms with Crippen molar-refractivity contribution in [3.63, 3.8) is 0 Å². The van der Waals surface area contributed by atoms with Gasteiger partial charge in [0.2, 0.25) is 0 Å². The van der Waals surface area contributed by atoms with Gasteiger partial charge in [0, 0.05) is 0 Å². The van der Waals surface area contributed by atoms with Crippen molar-refractivity contribution in [3.8, 4) is 0 Å². The van der Waals surface area contributed by atoms with E-state index in [9.17, 15) is 0 Å². The Morgan fingerprint density at radius 3 is 2.00 bits per heavy atom. The minimum Gasteiger partial charge on any atom is -0.365 e. The van der Waals surface area contributed by atoms with Crippen molar-refractivity contribution in [1.29, 1.82) is 0 Å². The maximum atomic E-state index is 6.68. The molecule has 3 rings (SSSR count). The van der Waals surface area contributed by atoms with E-state index in [0.29, 0.717) is 10.8 Å². The SMILES string of the molecule is C=C[C@@]1(C)CC[C@@H]2[C@@]3(C)CCCC(C)(C)[C@@H]3CC[C@@]2(C)O1.Cl.Cl.Cl. The molecule has 0 unspecified atom stereocenters. The Balaban J connectivity index is 0.00000176. The predicted octanol–water partition coefficient (Wildman–Crippen LogP) is 7.01. The van der Waals surface area contributed by atoms with Crippen LogP contribution in [0.5, 0.6) is 0 Å². The summed E-state index contributed by atoms with van der Waals surface area (Å²) in [4.78, 5) is 0. The Bertz CT molecular complexity index is 452. The third-order valence-electron chi connectivity index (χ3n) is 7.57. The summed E-state index contributed by atoms with van der Waals surface area (Å²) in [5.41, 5.74) is 0.920. The first kappa shape index (κ1) is 24.6. The van der Waals surface area contributed by atoms with Gasteiger partial charge in [-0.1, -0.05) is 33.3 Å². The van der Waals surface area contributed by atoms with Crippen LogP contribution >= 0.6 is 37.2 Å². The van der Waals surface area contributed by atoms with E-state index in [1.807, 2.05) is 6.08 Å². The van der Waals surface area contributed by atoms with Gasteiger partial charge in [0.25, 0.3) is 0 Å². The third kappa shape index (κ3) is 3.66. The van der Waals surface area contributed by atoms with Crippen LogP contribution in [0.15, 0.2) is 12.7 Å². The van der Waals surface area contributed by atoms with Crippen molar-refractivity contribution in [2.24, 2.45) is 22.7 Å². The van der Waals surface area contributed by atoms with Crippen LogP contribution in [0.25, 0.3) is 0 Å². The van der Waals surface area contributed by atoms with Crippen LogP contribution in [0.3, 0.4) is 0 Å². The van der Waals surface area contributed by atoms with Gasteiger partial charge in [-0.2, -0.15) is 0 Å².